The van der Waals surface area contributed by atoms with E-state index in [2.05, 4.69) is 168 Å². The van der Waals surface area contributed by atoms with Crippen LogP contribution in [0.25, 0.3) is 16.7 Å². The molecular formula is C42H34N2. The Morgan fingerprint density at radius 2 is 1.11 bits per heavy atom. The molecular weight excluding hydrogens is 532 g/mol. The second-order valence-corrected chi connectivity index (χ2v) is 12.4. The van der Waals surface area contributed by atoms with E-state index < -0.39 is 0 Å². The maximum Gasteiger partial charge on any atom is 0.0629 e. The Morgan fingerprint density at radius 1 is 0.500 bits per heavy atom. The lowest BCUT2D eigenvalue weighted by molar-refractivity contribution is 0.744. The summed E-state index contributed by atoms with van der Waals surface area (Å²) in [5.41, 5.74) is 13.0. The van der Waals surface area contributed by atoms with Gasteiger partial charge in [-0.1, -0.05) is 121 Å². The lowest BCUT2D eigenvalue weighted by Crippen LogP contribution is -2.28. The largest absolute Gasteiger partial charge is 0.333 e. The monoisotopic (exact) mass is 566 g/mol. The van der Waals surface area contributed by atoms with Gasteiger partial charge in [0.25, 0.3) is 0 Å². The van der Waals surface area contributed by atoms with E-state index in [4.69, 9.17) is 0 Å². The van der Waals surface area contributed by atoms with E-state index in [0.29, 0.717) is 17.9 Å². The molecule has 0 saturated carbocycles. The van der Waals surface area contributed by atoms with Crippen LogP contribution < -0.4 is 9.80 Å². The van der Waals surface area contributed by atoms with Gasteiger partial charge in [0, 0.05) is 34.6 Å². The molecule has 0 fully saturated rings. The summed E-state index contributed by atoms with van der Waals surface area (Å²) in [6.07, 6.45) is 27.4. The molecule has 0 radical (unpaired) electrons. The highest BCUT2D eigenvalue weighted by atomic mass is 15.2. The summed E-state index contributed by atoms with van der Waals surface area (Å²) >= 11 is 0. The minimum Gasteiger partial charge on any atom is -0.333 e. The first kappa shape index (κ1) is 25.4. The Morgan fingerprint density at radius 3 is 1.75 bits per heavy atom. The fourth-order valence-corrected chi connectivity index (χ4v) is 7.88. The number of para-hydroxylation sites is 1. The first-order valence-electron chi connectivity index (χ1n) is 15.9. The van der Waals surface area contributed by atoms with Crippen LogP contribution in [0.5, 0.6) is 0 Å². The lowest BCUT2D eigenvalue weighted by Gasteiger charge is -2.29. The smallest absolute Gasteiger partial charge is 0.0629 e. The number of fused-ring (bicyclic) bond motifs is 6. The Balaban J connectivity index is 1.15. The van der Waals surface area contributed by atoms with Gasteiger partial charge in [0.05, 0.1) is 12.1 Å². The van der Waals surface area contributed by atoms with Gasteiger partial charge >= 0.3 is 0 Å². The quantitative estimate of drug-likeness (QED) is 0.242. The number of rotatable bonds is 4. The zero-order chi connectivity index (χ0) is 29.0. The van der Waals surface area contributed by atoms with E-state index in [0.717, 1.165) is 12.8 Å². The average Bonchev–Trinajstić information content (AvgIpc) is 3.61. The van der Waals surface area contributed by atoms with Crippen LogP contribution >= 0.6 is 0 Å². The molecule has 9 rings (SSSR count). The molecule has 2 aliphatic heterocycles. The predicted octanol–water partition coefficient (Wildman–Crippen LogP) is 10.5. The molecule has 2 heterocycles. The number of nitrogens with zero attached hydrogens (tertiary/aromatic N) is 2. The van der Waals surface area contributed by atoms with Crippen LogP contribution in [0.1, 0.15) is 41.4 Å². The molecule has 3 aliphatic carbocycles. The fraction of sp³-hybridized carbons (Fsp3) is 0.143. The normalized spacial score (nSPS) is 23.8. The third-order valence-electron chi connectivity index (χ3n) is 9.93. The molecule has 4 aromatic carbocycles. The van der Waals surface area contributed by atoms with Crippen molar-refractivity contribution in [3.63, 3.8) is 0 Å². The summed E-state index contributed by atoms with van der Waals surface area (Å²) in [4.78, 5) is 5.08. The Bertz CT molecular complexity index is 1950. The first-order valence-corrected chi connectivity index (χ1v) is 15.9. The molecule has 5 aliphatic rings. The number of hydrogen-bond donors (Lipinski definition) is 0. The zero-order valence-electron chi connectivity index (χ0n) is 24.6. The van der Waals surface area contributed by atoms with Crippen LogP contribution in [-0.4, -0.2) is 12.1 Å². The Hall–Kier alpha value is -5.08. The van der Waals surface area contributed by atoms with E-state index in [9.17, 15) is 0 Å². The second-order valence-electron chi connectivity index (χ2n) is 12.4. The summed E-state index contributed by atoms with van der Waals surface area (Å²) < 4.78 is 0. The van der Waals surface area contributed by atoms with Gasteiger partial charge in [-0.15, -0.1) is 0 Å². The highest BCUT2D eigenvalue weighted by Crippen LogP contribution is 2.51. The Labute approximate surface area is 260 Å². The van der Waals surface area contributed by atoms with Gasteiger partial charge in [0.2, 0.25) is 0 Å². The van der Waals surface area contributed by atoms with Crippen LogP contribution in [0.2, 0.25) is 0 Å². The van der Waals surface area contributed by atoms with Crippen LogP contribution in [0.3, 0.4) is 0 Å². The van der Waals surface area contributed by atoms with Gasteiger partial charge in [-0.2, -0.15) is 0 Å². The van der Waals surface area contributed by atoms with Gasteiger partial charge in [-0.05, 0) is 82.6 Å². The van der Waals surface area contributed by atoms with Crippen molar-refractivity contribution in [3.05, 3.63) is 175 Å². The van der Waals surface area contributed by atoms with Crippen molar-refractivity contribution < 1.29 is 0 Å². The van der Waals surface area contributed by atoms with Crippen molar-refractivity contribution in [1.82, 2.24) is 0 Å². The van der Waals surface area contributed by atoms with Crippen LogP contribution in [-0.2, 0) is 0 Å². The SMILES string of the molecule is C1=CC2c3ccc(-c4ccc5c(c4)N(c4cccc(C6=CCCC=C6)c4)C4C=CC=CC54)cc3N(c3ccccc3)C2C=C1. The molecule has 0 N–H and O–H groups in total. The molecule has 0 saturated heterocycles. The summed E-state index contributed by atoms with van der Waals surface area (Å²) in [7, 11) is 0. The van der Waals surface area contributed by atoms with Crippen molar-refractivity contribution in [2.24, 2.45) is 0 Å². The Kier molecular flexibility index (Phi) is 5.94. The van der Waals surface area contributed by atoms with Gasteiger partial charge in [0.1, 0.15) is 0 Å². The highest BCUT2D eigenvalue weighted by molar-refractivity contribution is 5.85. The van der Waals surface area contributed by atoms with Gasteiger partial charge < -0.3 is 9.80 Å². The molecule has 0 amide bonds. The molecule has 44 heavy (non-hydrogen) atoms. The van der Waals surface area contributed by atoms with E-state index in [-0.39, 0.29) is 6.04 Å². The van der Waals surface area contributed by atoms with Crippen LogP contribution in [0.15, 0.2) is 158 Å². The molecule has 0 spiro atoms. The van der Waals surface area contributed by atoms with Gasteiger partial charge in [0.15, 0.2) is 0 Å². The van der Waals surface area contributed by atoms with Crippen molar-refractivity contribution in [1.29, 1.82) is 0 Å². The van der Waals surface area contributed by atoms with Crippen molar-refractivity contribution in [2.45, 2.75) is 36.8 Å². The van der Waals surface area contributed by atoms with Crippen molar-refractivity contribution in [3.8, 4) is 11.1 Å². The van der Waals surface area contributed by atoms with E-state index >= 15 is 0 Å². The van der Waals surface area contributed by atoms with Crippen molar-refractivity contribution >= 4 is 28.3 Å². The number of allylic oxidation sites excluding steroid dienone is 8. The summed E-state index contributed by atoms with van der Waals surface area (Å²) in [5, 5.41) is 0. The predicted molar refractivity (Wildman–Crippen MR) is 185 cm³/mol. The second kappa shape index (κ2) is 10.3. The number of anilines is 4. The van der Waals surface area contributed by atoms with E-state index in [1.54, 1.807) is 0 Å². The number of benzene rings is 4. The van der Waals surface area contributed by atoms with Gasteiger partial charge in [-0.25, -0.2) is 0 Å². The summed E-state index contributed by atoms with van der Waals surface area (Å²) in [6.45, 7) is 0. The topological polar surface area (TPSA) is 6.48 Å². The highest BCUT2D eigenvalue weighted by Gasteiger charge is 2.39. The molecule has 2 nitrogen and oxygen atoms in total. The van der Waals surface area contributed by atoms with E-state index in [1.807, 2.05) is 0 Å². The zero-order valence-corrected chi connectivity index (χ0v) is 24.6. The summed E-state index contributed by atoms with van der Waals surface area (Å²) in [5.74, 6) is 0.708. The number of hydrogen-bond acceptors (Lipinski definition) is 2. The molecule has 212 valence electrons. The molecule has 4 unspecified atom stereocenters. The third-order valence-corrected chi connectivity index (χ3v) is 9.93. The molecule has 0 bridgehead atoms. The van der Waals surface area contributed by atoms with Crippen LogP contribution in [0.4, 0.5) is 22.7 Å². The third kappa shape index (κ3) is 4.02. The minimum absolute atomic E-state index is 0.270. The standard InChI is InChI=1S/C42H34N2/c1-3-12-29(13-4-1)30-14-11-17-34(26-30)44-40-21-10-8-19-36(40)38-25-23-32(28-42(38)44)31-22-24-37-35-18-7-9-20-39(35)43(41(37)27-31)33-15-5-2-6-16-33/h2-3,5-28,35-36,39-40H,1,4H2. The maximum absolute atomic E-state index is 2.56. The lowest BCUT2D eigenvalue weighted by atomic mass is 9.89. The molecule has 4 aromatic rings. The first-order chi connectivity index (χ1) is 21.8. The molecule has 0 aromatic heterocycles. The minimum atomic E-state index is 0.270. The van der Waals surface area contributed by atoms with Crippen molar-refractivity contribution in [2.75, 3.05) is 9.80 Å². The van der Waals surface area contributed by atoms with Crippen LogP contribution in [0, 0.1) is 0 Å². The van der Waals surface area contributed by atoms with E-state index in [1.165, 1.54) is 56.1 Å². The maximum atomic E-state index is 2.56. The molecule has 4 atom stereocenters. The molecule has 2 heteroatoms. The average molecular weight is 567 g/mol. The fourth-order valence-electron chi connectivity index (χ4n) is 7.88. The van der Waals surface area contributed by atoms with Gasteiger partial charge in [-0.3, -0.25) is 0 Å². The summed E-state index contributed by atoms with van der Waals surface area (Å²) in [6, 6.07) is 34.8.